The molecule has 51 heavy (non-hydrogen) atoms. The van der Waals surface area contributed by atoms with Gasteiger partial charge in [-0.25, -0.2) is 4.79 Å². The summed E-state index contributed by atoms with van der Waals surface area (Å²) in [5, 5.41) is 14.1. The average molecular weight is 690 g/mol. The molecule has 3 amide bonds. The molecule has 0 aliphatic heterocycles. The van der Waals surface area contributed by atoms with Crippen LogP contribution in [0.5, 0.6) is 0 Å². The molecule has 4 aromatic carbocycles. The highest BCUT2D eigenvalue weighted by Crippen LogP contribution is 2.27. The van der Waals surface area contributed by atoms with E-state index >= 15 is 0 Å². The lowest BCUT2D eigenvalue weighted by molar-refractivity contribution is -0.137. The summed E-state index contributed by atoms with van der Waals surface area (Å²) in [6, 6.07) is 26.8. The largest absolute Gasteiger partial charge is 0.444 e. The normalized spacial score (nSPS) is 13.2. The summed E-state index contributed by atoms with van der Waals surface area (Å²) in [6.07, 6.45) is 3.57. The van der Waals surface area contributed by atoms with Gasteiger partial charge in [0.1, 0.15) is 17.7 Å². The van der Waals surface area contributed by atoms with Gasteiger partial charge in [0.05, 0.1) is 0 Å². The maximum absolute atomic E-state index is 14.5. The minimum absolute atomic E-state index is 0.255. The van der Waals surface area contributed by atoms with Crippen molar-refractivity contribution >= 4 is 39.5 Å². The number of hydrogen-bond donors (Lipinski definition) is 2. The van der Waals surface area contributed by atoms with Gasteiger partial charge in [0.25, 0.3) is 0 Å². The molecule has 0 saturated heterocycles. The second-order valence-electron chi connectivity index (χ2n) is 14.6. The number of nitrogens with zero attached hydrogens (tertiary/aromatic N) is 3. The van der Waals surface area contributed by atoms with Crippen LogP contribution in [-0.2, 0) is 27.2 Å². The van der Waals surface area contributed by atoms with Gasteiger partial charge >= 0.3 is 6.09 Å². The summed E-state index contributed by atoms with van der Waals surface area (Å²) < 4.78 is 11.0. The fourth-order valence-electron chi connectivity index (χ4n) is 5.94. The number of ether oxygens (including phenoxy) is 1. The molecule has 0 aliphatic rings. The first-order chi connectivity index (χ1) is 24.2. The molecule has 0 saturated carbocycles. The molecule has 1 heterocycles. The van der Waals surface area contributed by atoms with E-state index in [2.05, 4.69) is 45.0 Å². The molecular weight excluding hydrogens is 642 g/mol. The number of nitrogens with one attached hydrogen (secondary N) is 2. The molecule has 0 unspecified atom stereocenters. The number of rotatable bonds is 12. The predicted octanol–water partition coefficient (Wildman–Crippen LogP) is 7.40. The van der Waals surface area contributed by atoms with Crippen molar-refractivity contribution in [2.75, 3.05) is 7.05 Å². The van der Waals surface area contributed by atoms with Gasteiger partial charge in [-0.3, -0.25) is 9.59 Å². The Hall–Kier alpha value is -5.51. The van der Waals surface area contributed by atoms with Gasteiger partial charge in [-0.05, 0) is 86.7 Å². The predicted molar refractivity (Wildman–Crippen MR) is 199 cm³/mol. The number of carbonyl (C=O) groups is 3. The molecule has 1 aromatic heterocycles. The number of aromatic nitrogens is 2. The SMILES string of the molecule is Cc1noc([C@@H](Cc2ccc3ccccc3c2)N(C)C(=O)[C@@H](Cc2ccc3ccccc3c2)NC(=O)C=CCC(C)(C)NC(=O)OC(C)(C)C)n1. The Balaban J connectivity index is 1.38. The summed E-state index contributed by atoms with van der Waals surface area (Å²) in [6.45, 7) is 10.8. The van der Waals surface area contributed by atoms with E-state index in [1.807, 2.05) is 74.5 Å². The van der Waals surface area contributed by atoms with Crippen LogP contribution in [0.25, 0.3) is 21.5 Å². The van der Waals surface area contributed by atoms with Crippen molar-refractivity contribution < 1.29 is 23.6 Å². The van der Waals surface area contributed by atoms with Crippen molar-refractivity contribution in [1.29, 1.82) is 0 Å². The molecule has 5 rings (SSSR count). The van der Waals surface area contributed by atoms with Crippen LogP contribution in [0.4, 0.5) is 4.79 Å². The molecule has 10 heteroatoms. The highest BCUT2D eigenvalue weighted by molar-refractivity contribution is 5.93. The Bertz CT molecular complexity index is 2040. The van der Waals surface area contributed by atoms with Gasteiger partial charge in [0.15, 0.2) is 5.82 Å². The molecule has 0 bridgehead atoms. The quantitative estimate of drug-likeness (QED) is 0.131. The molecule has 266 valence electrons. The van der Waals surface area contributed by atoms with Gasteiger partial charge in [0.2, 0.25) is 17.7 Å². The van der Waals surface area contributed by atoms with Gasteiger partial charge in [0, 0.05) is 25.4 Å². The van der Waals surface area contributed by atoms with Gasteiger partial charge < -0.3 is 24.8 Å². The first kappa shape index (κ1) is 36.8. The number of amides is 3. The topological polar surface area (TPSA) is 127 Å². The van der Waals surface area contributed by atoms with Crippen LogP contribution in [-0.4, -0.2) is 57.2 Å². The molecule has 0 fully saturated rings. The standard InChI is InChI=1S/C41H47N5O5/c1-27-42-37(51-45-27)35(26-29-19-21-31-14-9-11-16-33(31)24-29)46(7)38(48)34(25-28-18-20-30-13-8-10-15-32(30)23-28)43-36(47)17-12-22-41(5,6)44-39(49)50-40(2,3)4/h8-21,23-24,34-35H,22,25-26H2,1-7H3,(H,43,47)(H,44,49)/t34-,35-/m1/s1. The number of benzene rings is 4. The average Bonchev–Trinajstić information content (AvgIpc) is 3.50. The van der Waals surface area contributed by atoms with Crippen molar-refractivity contribution in [1.82, 2.24) is 25.7 Å². The van der Waals surface area contributed by atoms with Crippen LogP contribution >= 0.6 is 0 Å². The second-order valence-corrected chi connectivity index (χ2v) is 14.6. The summed E-state index contributed by atoms with van der Waals surface area (Å²) >= 11 is 0. The summed E-state index contributed by atoms with van der Waals surface area (Å²) in [4.78, 5) is 46.3. The third-order valence-electron chi connectivity index (χ3n) is 8.49. The zero-order valence-electron chi connectivity index (χ0n) is 30.4. The minimum Gasteiger partial charge on any atom is -0.444 e. The molecule has 0 spiro atoms. The lowest BCUT2D eigenvalue weighted by Crippen LogP contribution is -2.49. The van der Waals surface area contributed by atoms with Crippen LogP contribution in [0.3, 0.4) is 0 Å². The van der Waals surface area contributed by atoms with Crippen molar-refractivity contribution in [2.24, 2.45) is 0 Å². The van der Waals surface area contributed by atoms with Crippen molar-refractivity contribution in [3.05, 3.63) is 120 Å². The zero-order valence-corrected chi connectivity index (χ0v) is 30.4. The lowest BCUT2D eigenvalue weighted by atomic mass is 9.98. The highest BCUT2D eigenvalue weighted by atomic mass is 16.6. The van der Waals surface area contributed by atoms with E-state index in [0.717, 1.165) is 32.7 Å². The third kappa shape index (κ3) is 10.3. The van der Waals surface area contributed by atoms with Crippen molar-refractivity contribution in [2.45, 2.75) is 84.0 Å². The number of alkyl carbamates (subject to hydrolysis) is 1. The van der Waals surface area contributed by atoms with Crippen LogP contribution in [0.15, 0.2) is 102 Å². The molecule has 5 aromatic rings. The monoisotopic (exact) mass is 689 g/mol. The third-order valence-corrected chi connectivity index (χ3v) is 8.49. The number of carbonyl (C=O) groups excluding carboxylic acids is 3. The maximum Gasteiger partial charge on any atom is 0.408 e. The fraction of sp³-hybridized carbons (Fsp3) is 0.341. The molecular formula is C41H47N5O5. The van der Waals surface area contributed by atoms with E-state index < -0.39 is 35.2 Å². The lowest BCUT2D eigenvalue weighted by Gasteiger charge is -2.30. The summed E-state index contributed by atoms with van der Waals surface area (Å²) in [5.41, 5.74) is 0.576. The van der Waals surface area contributed by atoms with E-state index in [1.54, 1.807) is 45.7 Å². The molecule has 2 N–H and O–H groups in total. The fourth-order valence-corrected chi connectivity index (χ4v) is 5.94. The van der Waals surface area contributed by atoms with Gasteiger partial charge in [-0.1, -0.05) is 96.2 Å². The van der Waals surface area contributed by atoms with E-state index in [9.17, 15) is 14.4 Å². The van der Waals surface area contributed by atoms with E-state index in [1.165, 1.54) is 6.08 Å². The van der Waals surface area contributed by atoms with Crippen LogP contribution in [0.2, 0.25) is 0 Å². The van der Waals surface area contributed by atoms with Crippen LogP contribution in [0.1, 0.15) is 69.9 Å². The van der Waals surface area contributed by atoms with E-state index in [0.29, 0.717) is 24.6 Å². The number of fused-ring (bicyclic) bond motifs is 2. The zero-order chi connectivity index (χ0) is 36.8. The first-order valence-electron chi connectivity index (χ1n) is 17.2. The van der Waals surface area contributed by atoms with E-state index in [-0.39, 0.29) is 12.3 Å². The Kier molecular flexibility index (Phi) is 11.2. The van der Waals surface area contributed by atoms with Crippen LogP contribution in [0, 0.1) is 6.92 Å². The maximum atomic E-state index is 14.5. The number of hydrogen-bond acceptors (Lipinski definition) is 7. The smallest absolute Gasteiger partial charge is 0.408 e. The molecule has 2 atom stereocenters. The first-order valence-corrected chi connectivity index (χ1v) is 17.2. The molecule has 0 aliphatic carbocycles. The van der Waals surface area contributed by atoms with Gasteiger partial charge in [-0.15, -0.1) is 0 Å². The Morgan fingerprint density at radius 3 is 1.96 bits per heavy atom. The highest BCUT2D eigenvalue weighted by Gasteiger charge is 2.32. The van der Waals surface area contributed by atoms with Crippen LogP contribution < -0.4 is 10.6 Å². The number of likely N-dealkylation sites (N-methyl/N-ethyl adjacent to an activating group) is 1. The summed E-state index contributed by atoms with van der Waals surface area (Å²) in [5.74, 6) is 0.0327. The Labute approximate surface area is 299 Å². The van der Waals surface area contributed by atoms with Gasteiger partial charge in [-0.2, -0.15) is 4.98 Å². The minimum atomic E-state index is -0.913. The Morgan fingerprint density at radius 1 is 0.843 bits per heavy atom. The van der Waals surface area contributed by atoms with Crippen molar-refractivity contribution in [3.8, 4) is 0 Å². The number of aryl methyl sites for hydroxylation is 1. The second kappa shape index (κ2) is 15.6. The molecule has 0 radical (unpaired) electrons. The van der Waals surface area contributed by atoms with E-state index in [4.69, 9.17) is 9.26 Å². The molecule has 10 nitrogen and oxygen atoms in total. The summed E-state index contributed by atoms with van der Waals surface area (Å²) in [7, 11) is 1.70. The van der Waals surface area contributed by atoms with Crippen molar-refractivity contribution in [3.63, 3.8) is 0 Å². The Morgan fingerprint density at radius 2 is 1.41 bits per heavy atom.